The van der Waals surface area contributed by atoms with E-state index >= 15 is 0 Å². The van der Waals surface area contributed by atoms with Crippen LogP contribution < -0.4 is 11.5 Å². The van der Waals surface area contributed by atoms with Gasteiger partial charge >= 0.3 is 0 Å². The molecule has 1 fully saturated rings. The standard InChI is InChI=1S/C8H16N2OS/c1-8(10,7(9)11)6-3-2-4-12-5-6/h6H,2-5,10H2,1H3,(H2,9,11). The van der Waals surface area contributed by atoms with Gasteiger partial charge in [-0.2, -0.15) is 11.8 Å². The predicted octanol–water partition coefficient (Wildman–Crippen LogP) is 0.332. The molecule has 2 unspecified atom stereocenters. The van der Waals surface area contributed by atoms with Gasteiger partial charge in [0.25, 0.3) is 0 Å². The van der Waals surface area contributed by atoms with E-state index in [2.05, 4.69) is 0 Å². The minimum Gasteiger partial charge on any atom is -0.368 e. The number of rotatable bonds is 2. The van der Waals surface area contributed by atoms with E-state index in [4.69, 9.17) is 11.5 Å². The topological polar surface area (TPSA) is 69.1 Å². The zero-order chi connectivity index (χ0) is 9.19. The Kier molecular flexibility index (Phi) is 3.01. The van der Waals surface area contributed by atoms with E-state index in [1.165, 1.54) is 5.75 Å². The van der Waals surface area contributed by atoms with Crippen LogP contribution in [0.1, 0.15) is 19.8 Å². The summed E-state index contributed by atoms with van der Waals surface area (Å²) in [5, 5.41) is 0. The van der Waals surface area contributed by atoms with Crippen molar-refractivity contribution in [2.75, 3.05) is 11.5 Å². The monoisotopic (exact) mass is 188 g/mol. The van der Waals surface area contributed by atoms with Crippen molar-refractivity contribution in [2.24, 2.45) is 17.4 Å². The molecule has 0 aromatic heterocycles. The first-order valence-electron chi connectivity index (χ1n) is 4.21. The highest BCUT2D eigenvalue weighted by Crippen LogP contribution is 2.29. The molecule has 70 valence electrons. The molecule has 1 aliphatic heterocycles. The van der Waals surface area contributed by atoms with E-state index in [0.29, 0.717) is 0 Å². The first-order chi connectivity index (χ1) is 5.55. The molecule has 1 aliphatic rings. The van der Waals surface area contributed by atoms with Gasteiger partial charge in [-0.05, 0) is 37.2 Å². The Bertz CT molecular complexity index is 176. The number of carbonyl (C=O) groups is 1. The molecule has 0 bridgehead atoms. The van der Waals surface area contributed by atoms with Gasteiger partial charge in [-0.1, -0.05) is 0 Å². The van der Waals surface area contributed by atoms with Crippen molar-refractivity contribution in [3.63, 3.8) is 0 Å². The minimum absolute atomic E-state index is 0.258. The van der Waals surface area contributed by atoms with Gasteiger partial charge in [0.15, 0.2) is 0 Å². The molecule has 0 radical (unpaired) electrons. The lowest BCUT2D eigenvalue weighted by atomic mass is 9.84. The van der Waals surface area contributed by atoms with Crippen LogP contribution in [0.15, 0.2) is 0 Å². The molecular formula is C8H16N2OS. The quantitative estimate of drug-likeness (QED) is 0.656. The van der Waals surface area contributed by atoms with Crippen molar-refractivity contribution >= 4 is 17.7 Å². The summed E-state index contributed by atoms with van der Waals surface area (Å²) in [6.45, 7) is 1.74. The third-order valence-electron chi connectivity index (χ3n) is 2.54. The van der Waals surface area contributed by atoms with Gasteiger partial charge < -0.3 is 11.5 Å². The maximum atomic E-state index is 11.0. The highest BCUT2D eigenvalue weighted by molar-refractivity contribution is 7.99. The lowest BCUT2D eigenvalue weighted by molar-refractivity contribution is -0.124. The SMILES string of the molecule is CC(N)(C(N)=O)C1CCCSC1. The van der Waals surface area contributed by atoms with Crippen molar-refractivity contribution in [2.45, 2.75) is 25.3 Å². The lowest BCUT2D eigenvalue weighted by Crippen LogP contribution is -2.56. The second kappa shape index (κ2) is 3.66. The van der Waals surface area contributed by atoms with Crippen molar-refractivity contribution in [3.8, 4) is 0 Å². The second-order valence-corrected chi connectivity index (χ2v) is 4.71. The number of nitrogens with two attached hydrogens (primary N) is 2. The molecule has 0 aliphatic carbocycles. The molecule has 4 heteroatoms. The lowest BCUT2D eigenvalue weighted by Gasteiger charge is -2.33. The third-order valence-corrected chi connectivity index (χ3v) is 3.75. The second-order valence-electron chi connectivity index (χ2n) is 3.56. The molecule has 3 nitrogen and oxygen atoms in total. The fraction of sp³-hybridized carbons (Fsp3) is 0.875. The molecule has 0 saturated carbocycles. The summed E-state index contributed by atoms with van der Waals surface area (Å²) in [6.07, 6.45) is 2.18. The minimum atomic E-state index is -0.812. The van der Waals surface area contributed by atoms with E-state index < -0.39 is 5.54 Å². The zero-order valence-electron chi connectivity index (χ0n) is 7.38. The summed E-state index contributed by atoms with van der Waals surface area (Å²) in [5.74, 6) is 2.03. The van der Waals surface area contributed by atoms with Gasteiger partial charge in [0, 0.05) is 0 Å². The number of hydrogen-bond donors (Lipinski definition) is 2. The summed E-state index contributed by atoms with van der Waals surface area (Å²) in [5.41, 5.74) is 10.3. The normalized spacial score (nSPS) is 29.3. The fourth-order valence-electron chi connectivity index (χ4n) is 1.41. The highest BCUT2D eigenvalue weighted by Gasteiger charge is 2.36. The molecule has 0 aromatic rings. The van der Waals surface area contributed by atoms with Crippen LogP contribution in [0.4, 0.5) is 0 Å². The van der Waals surface area contributed by atoms with Crippen LogP contribution in [-0.2, 0) is 4.79 Å². The van der Waals surface area contributed by atoms with Crippen molar-refractivity contribution in [3.05, 3.63) is 0 Å². The largest absolute Gasteiger partial charge is 0.368 e. The first-order valence-corrected chi connectivity index (χ1v) is 5.37. The Morgan fingerprint density at radius 1 is 1.67 bits per heavy atom. The van der Waals surface area contributed by atoms with Crippen LogP contribution in [0.5, 0.6) is 0 Å². The zero-order valence-corrected chi connectivity index (χ0v) is 8.19. The van der Waals surface area contributed by atoms with Gasteiger partial charge in [0.05, 0.1) is 5.54 Å². The number of primary amides is 1. The van der Waals surface area contributed by atoms with E-state index in [9.17, 15) is 4.79 Å². The van der Waals surface area contributed by atoms with E-state index in [0.717, 1.165) is 18.6 Å². The molecule has 0 aromatic carbocycles. The number of amides is 1. The summed E-state index contributed by atoms with van der Waals surface area (Å²) in [6, 6.07) is 0. The Morgan fingerprint density at radius 3 is 2.75 bits per heavy atom. The maximum absolute atomic E-state index is 11.0. The summed E-state index contributed by atoms with van der Waals surface area (Å²) >= 11 is 1.86. The highest BCUT2D eigenvalue weighted by atomic mass is 32.2. The maximum Gasteiger partial charge on any atom is 0.237 e. The molecule has 1 amide bonds. The van der Waals surface area contributed by atoms with Crippen LogP contribution in [0.3, 0.4) is 0 Å². The Morgan fingerprint density at radius 2 is 2.33 bits per heavy atom. The Balaban J connectivity index is 2.59. The van der Waals surface area contributed by atoms with Crippen molar-refractivity contribution < 1.29 is 4.79 Å². The van der Waals surface area contributed by atoms with Crippen LogP contribution in [0, 0.1) is 5.92 Å². The van der Waals surface area contributed by atoms with E-state index in [1.54, 1.807) is 6.92 Å². The van der Waals surface area contributed by atoms with Gasteiger partial charge in [-0.3, -0.25) is 4.79 Å². The van der Waals surface area contributed by atoms with Crippen LogP contribution in [0.2, 0.25) is 0 Å². The summed E-state index contributed by atoms with van der Waals surface area (Å²) in [4.78, 5) is 11.0. The van der Waals surface area contributed by atoms with Crippen LogP contribution in [0.25, 0.3) is 0 Å². The molecule has 4 N–H and O–H groups in total. The van der Waals surface area contributed by atoms with Gasteiger partial charge in [0.1, 0.15) is 0 Å². The van der Waals surface area contributed by atoms with Gasteiger partial charge in [-0.15, -0.1) is 0 Å². The van der Waals surface area contributed by atoms with Crippen molar-refractivity contribution in [1.29, 1.82) is 0 Å². The number of thioether (sulfide) groups is 1. The van der Waals surface area contributed by atoms with Gasteiger partial charge in [0.2, 0.25) is 5.91 Å². The number of hydrogen-bond acceptors (Lipinski definition) is 3. The number of carbonyl (C=O) groups excluding carboxylic acids is 1. The summed E-state index contributed by atoms with van der Waals surface area (Å²) in [7, 11) is 0. The van der Waals surface area contributed by atoms with Gasteiger partial charge in [-0.25, -0.2) is 0 Å². The molecular weight excluding hydrogens is 172 g/mol. The smallest absolute Gasteiger partial charge is 0.237 e. The van der Waals surface area contributed by atoms with Crippen LogP contribution >= 0.6 is 11.8 Å². The Hall–Kier alpha value is -0.220. The molecule has 1 saturated heterocycles. The van der Waals surface area contributed by atoms with E-state index in [-0.39, 0.29) is 11.8 Å². The molecule has 1 heterocycles. The fourth-order valence-corrected chi connectivity index (χ4v) is 2.75. The Labute approximate surface area is 77.3 Å². The van der Waals surface area contributed by atoms with Crippen LogP contribution in [-0.4, -0.2) is 23.0 Å². The van der Waals surface area contributed by atoms with Crippen molar-refractivity contribution in [1.82, 2.24) is 0 Å². The predicted molar refractivity (Wildman–Crippen MR) is 51.8 cm³/mol. The molecule has 1 rings (SSSR count). The molecule has 2 atom stereocenters. The average molecular weight is 188 g/mol. The first kappa shape index (κ1) is 9.86. The summed E-state index contributed by atoms with van der Waals surface area (Å²) < 4.78 is 0. The molecule has 12 heavy (non-hydrogen) atoms. The third kappa shape index (κ3) is 1.93. The van der Waals surface area contributed by atoms with E-state index in [1.807, 2.05) is 11.8 Å². The molecule has 0 spiro atoms. The average Bonchev–Trinajstić information content (AvgIpc) is 2.06.